The largest absolute Gasteiger partial charge is 0.338 e. The number of alkyl halides is 2. The van der Waals surface area contributed by atoms with Crippen LogP contribution in [0.1, 0.15) is 23.8 Å². The Morgan fingerprint density at radius 2 is 2.32 bits per heavy atom. The van der Waals surface area contributed by atoms with Crippen molar-refractivity contribution in [1.82, 2.24) is 14.8 Å². The highest BCUT2D eigenvalue weighted by molar-refractivity contribution is 5.93. The van der Waals surface area contributed by atoms with Gasteiger partial charge in [-0.15, -0.1) is 0 Å². The van der Waals surface area contributed by atoms with E-state index < -0.39 is 13.0 Å². The van der Waals surface area contributed by atoms with E-state index in [1.807, 2.05) is 6.92 Å². The summed E-state index contributed by atoms with van der Waals surface area (Å²) < 4.78 is 26.3. The fourth-order valence-corrected chi connectivity index (χ4v) is 2.25. The van der Waals surface area contributed by atoms with E-state index in [0.29, 0.717) is 12.2 Å². The van der Waals surface area contributed by atoms with Gasteiger partial charge in [-0.25, -0.2) is 8.78 Å². The minimum Gasteiger partial charge on any atom is -0.338 e. The average molecular weight is 271 g/mol. The molecule has 1 fully saturated rings. The molecule has 0 unspecified atom stereocenters. The van der Waals surface area contributed by atoms with Crippen LogP contribution in [0.2, 0.25) is 0 Å². The van der Waals surface area contributed by atoms with Gasteiger partial charge in [0.2, 0.25) is 0 Å². The molecule has 1 N–H and O–H groups in total. The Balaban J connectivity index is 2.14. The fraction of sp³-hybridized carbons (Fsp3) is 0.615. The van der Waals surface area contributed by atoms with E-state index in [2.05, 4.69) is 5.32 Å². The maximum Gasteiger partial charge on any atom is 0.270 e. The second-order valence-corrected chi connectivity index (χ2v) is 4.75. The molecule has 1 aliphatic rings. The second-order valence-electron chi connectivity index (χ2n) is 4.75. The summed E-state index contributed by atoms with van der Waals surface area (Å²) in [5, 5.41) is 3.13. The number of rotatable bonds is 6. The Hall–Kier alpha value is -1.43. The lowest BCUT2D eigenvalue weighted by atomic mass is 10.1. The first-order chi connectivity index (χ1) is 9.13. The van der Waals surface area contributed by atoms with E-state index >= 15 is 0 Å². The topological polar surface area (TPSA) is 37.3 Å². The molecule has 0 bridgehead atoms. The maximum absolute atomic E-state index is 12.5. The van der Waals surface area contributed by atoms with Gasteiger partial charge in [-0.2, -0.15) is 0 Å². The smallest absolute Gasteiger partial charge is 0.270 e. The molecule has 1 aromatic heterocycles. The third-order valence-corrected chi connectivity index (χ3v) is 3.31. The van der Waals surface area contributed by atoms with Crippen LogP contribution in [0.3, 0.4) is 0 Å². The number of hydrogen-bond acceptors (Lipinski definition) is 2. The standard InChI is InChI=1S/C13H19F2N3O/c1-2-5-18(10-7-16-8-10)13(19)11-4-3-6-17(11)9-12(14)15/h3-4,6,10,12,16H,2,5,7-9H2,1H3. The van der Waals surface area contributed by atoms with Gasteiger partial charge in [0, 0.05) is 25.8 Å². The zero-order chi connectivity index (χ0) is 13.8. The Morgan fingerprint density at radius 3 is 2.84 bits per heavy atom. The molecule has 0 atom stereocenters. The van der Waals surface area contributed by atoms with Crippen LogP contribution in [0.4, 0.5) is 8.78 Å². The van der Waals surface area contributed by atoms with Gasteiger partial charge in [0.15, 0.2) is 0 Å². The van der Waals surface area contributed by atoms with Crippen molar-refractivity contribution in [3.05, 3.63) is 24.0 Å². The molecule has 2 heterocycles. The van der Waals surface area contributed by atoms with Crippen LogP contribution < -0.4 is 5.32 Å². The molecule has 1 aromatic rings. The molecule has 1 saturated heterocycles. The highest BCUT2D eigenvalue weighted by Crippen LogP contribution is 2.14. The number of nitrogens with one attached hydrogen (secondary N) is 1. The molecule has 106 valence electrons. The molecule has 2 rings (SSSR count). The Labute approximate surface area is 111 Å². The average Bonchev–Trinajstić information content (AvgIpc) is 2.72. The summed E-state index contributed by atoms with van der Waals surface area (Å²) in [4.78, 5) is 14.3. The van der Waals surface area contributed by atoms with Crippen LogP contribution in [0.15, 0.2) is 18.3 Å². The SMILES string of the molecule is CCCN(C(=O)c1cccn1CC(F)F)C1CNC1. The van der Waals surface area contributed by atoms with E-state index in [1.54, 1.807) is 17.0 Å². The molecule has 1 aliphatic heterocycles. The molecular formula is C13H19F2N3O. The van der Waals surface area contributed by atoms with Crippen LogP contribution >= 0.6 is 0 Å². The summed E-state index contributed by atoms with van der Waals surface area (Å²) in [6.07, 6.45) is -0.0655. The summed E-state index contributed by atoms with van der Waals surface area (Å²) in [6.45, 7) is 3.79. The van der Waals surface area contributed by atoms with Crippen LogP contribution in [0, 0.1) is 0 Å². The molecule has 0 saturated carbocycles. The molecule has 0 radical (unpaired) electrons. The maximum atomic E-state index is 12.5. The van der Waals surface area contributed by atoms with Crippen LogP contribution in [0.5, 0.6) is 0 Å². The third kappa shape index (κ3) is 3.12. The lowest BCUT2D eigenvalue weighted by Crippen LogP contribution is -2.59. The van der Waals surface area contributed by atoms with E-state index in [0.717, 1.165) is 19.5 Å². The summed E-state index contributed by atoms with van der Waals surface area (Å²) in [5.41, 5.74) is 0.348. The first-order valence-corrected chi connectivity index (χ1v) is 6.58. The van der Waals surface area contributed by atoms with Gasteiger partial charge in [-0.3, -0.25) is 4.79 Å². The van der Waals surface area contributed by atoms with E-state index in [4.69, 9.17) is 0 Å². The Kier molecular flexibility index (Phi) is 4.52. The monoisotopic (exact) mass is 271 g/mol. The van der Waals surface area contributed by atoms with E-state index in [1.165, 1.54) is 10.8 Å². The van der Waals surface area contributed by atoms with Crippen LogP contribution in [0.25, 0.3) is 0 Å². The molecule has 1 amide bonds. The minimum atomic E-state index is -2.45. The second kappa shape index (κ2) is 6.14. The lowest BCUT2D eigenvalue weighted by molar-refractivity contribution is 0.0597. The number of carbonyl (C=O) groups excluding carboxylic acids is 1. The van der Waals surface area contributed by atoms with Gasteiger partial charge in [0.05, 0.1) is 12.6 Å². The van der Waals surface area contributed by atoms with Crippen molar-refractivity contribution in [1.29, 1.82) is 0 Å². The molecule has 0 aromatic carbocycles. The van der Waals surface area contributed by atoms with Crippen LogP contribution in [-0.2, 0) is 6.54 Å². The highest BCUT2D eigenvalue weighted by atomic mass is 19.3. The number of hydrogen-bond donors (Lipinski definition) is 1. The summed E-state index contributed by atoms with van der Waals surface area (Å²) in [5.74, 6) is -0.154. The zero-order valence-corrected chi connectivity index (χ0v) is 11.0. The molecule has 0 spiro atoms. The van der Waals surface area contributed by atoms with Gasteiger partial charge in [-0.05, 0) is 18.6 Å². The predicted octanol–water partition coefficient (Wildman–Crippen LogP) is 1.58. The zero-order valence-electron chi connectivity index (χ0n) is 11.0. The molecule has 19 heavy (non-hydrogen) atoms. The molecule has 0 aliphatic carbocycles. The summed E-state index contributed by atoms with van der Waals surface area (Å²) >= 11 is 0. The van der Waals surface area contributed by atoms with Gasteiger partial charge in [0.1, 0.15) is 5.69 Å². The first-order valence-electron chi connectivity index (χ1n) is 6.58. The van der Waals surface area contributed by atoms with Gasteiger partial charge < -0.3 is 14.8 Å². The number of nitrogens with zero attached hydrogens (tertiary/aromatic N) is 2. The number of carbonyl (C=O) groups is 1. The first kappa shape index (κ1) is 14.0. The van der Waals surface area contributed by atoms with Crippen molar-refractivity contribution in [3.8, 4) is 0 Å². The van der Waals surface area contributed by atoms with Crippen LogP contribution in [-0.4, -0.2) is 47.5 Å². The van der Waals surface area contributed by atoms with Crippen molar-refractivity contribution >= 4 is 5.91 Å². The van der Waals surface area contributed by atoms with Gasteiger partial charge >= 0.3 is 0 Å². The third-order valence-electron chi connectivity index (χ3n) is 3.31. The van der Waals surface area contributed by atoms with E-state index in [9.17, 15) is 13.6 Å². The summed E-state index contributed by atoms with van der Waals surface area (Å²) in [6, 6.07) is 3.43. The quantitative estimate of drug-likeness (QED) is 0.853. The van der Waals surface area contributed by atoms with Crippen molar-refractivity contribution in [3.63, 3.8) is 0 Å². The molecule has 4 nitrogen and oxygen atoms in total. The van der Waals surface area contributed by atoms with Crippen molar-refractivity contribution in [2.45, 2.75) is 32.4 Å². The normalized spacial score (nSPS) is 15.6. The fourth-order valence-electron chi connectivity index (χ4n) is 2.25. The number of amides is 1. The summed E-state index contributed by atoms with van der Waals surface area (Å²) in [7, 11) is 0. The Morgan fingerprint density at radius 1 is 1.58 bits per heavy atom. The lowest BCUT2D eigenvalue weighted by Gasteiger charge is -2.38. The minimum absolute atomic E-state index is 0.154. The highest BCUT2D eigenvalue weighted by Gasteiger charge is 2.29. The molecular weight excluding hydrogens is 252 g/mol. The van der Waals surface area contributed by atoms with Crippen molar-refractivity contribution in [2.24, 2.45) is 0 Å². The Bertz CT molecular complexity index is 429. The van der Waals surface area contributed by atoms with E-state index in [-0.39, 0.29) is 11.9 Å². The van der Waals surface area contributed by atoms with Crippen molar-refractivity contribution < 1.29 is 13.6 Å². The molecule has 6 heteroatoms. The predicted molar refractivity (Wildman–Crippen MR) is 68.4 cm³/mol. The number of halogens is 2. The van der Waals surface area contributed by atoms with Gasteiger partial charge in [0.25, 0.3) is 12.3 Å². The number of aromatic nitrogens is 1. The van der Waals surface area contributed by atoms with Crippen molar-refractivity contribution in [2.75, 3.05) is 19.6 Å². The van der Waals surface area contributed by atoms with Gasteiger partial charge in [-0.1, -0.05) is 6.92 Å².